The van der Waals surface area contributed by atoms with Crippen LogP contribution in [0.5, 0.6) is 0 Å². The molecule has 0 radical (unpaired) electrons. The van der Waals surface area contributed by atoms with Crippen molar-refractivity contribution < 1.29 is 4.79 Å². The van der Waals surface area contributed by atoms with Gasteiger partial charge in [-0.25, -0.2) is 0 Å². The summed E-state index contributed by atoms with van der Waals surface area (Å²) in [4.78, 5) is 14.8. The van der Waals surface area contributed by atoms with E-state index in [1.807, 2.05) is 33.2 Å². The fraction of sp³-hybridized carbons (Fsp3) is 0.545. The fourth-order valence-electron chi connectivity index (χ4n) is 1.52. The maximum absolute atomic E-state index is 11.9. The van der Waals surface area contributed by atoms with Crippen LogP contribution in [0.25, 0.3) is 0 Å². The highest BCUT2D eigenvalue weighted by molar-refractivity contribution is 7.16. The van der Waals surface area contributed by atoms with E-state index in [-0.39, 0.29) is 24.2 Å². The molecule has 98 valence electrons. The highest BCUT2D eigenvalue weighted by Gasteiger charge is 2.17. The minimum absolute atomic E-state index is 0. The van der Waals surface area contributed by atoms with Gasteiger partial charge in [0.25, 0.3) is 0 Å². The molecule has 1 rings (SSSR count). The van der Waals surface area contributed by atoms with E-state index in [9.17, 15) is 4.79 Å². The topological polar surface area (TPSA) is 32.3 Å². The third-order valence-corrected chi connectivity index (χ3v) is 3.55. The van der Waals surface area contributed by atoms with Gasteiger partial charge in [-0.15, -0.1) is 23.7 Å². The number of nitrogens with one attached hydrogen (secondary N) is 1. The lowest BCUT2D eigenvalue weighted by atomic mass is 10.1. The van der Waals surface area contributed by atoms with Crippen molar-refractivity contribution in [1.29, 1.82) is 0 Å². The van der Waals surface area contributed by atoms with E-state index in [4.69, 9.17) is 11.6 Å². The van der Waals surface area contributed by atoms with E-state index in [2.05, 4.69) is 5.32 Å². The maximum atomic E-state index is 11.9. The van der Waals surface area contributed by atoms with Crippen molar-refractivity contribution in [2.24, 2.45) is 5.92 Å². The van der Waals surface area contributed by atoms with E-state index in [0.29, 0.717) is 13.1 Å². The zero-order valence-corrected chi connectivity index (χ0v) is 12.6. The first-order valence-corrected chi connectivity index (χ1v) is 6.37. The third kappa shape index (κ3) is 5.25. The van der Waals surface area contributed by atoms with Gasteiger partial charge in [-0.3, -0.25) is 4.79 Å². The molecule has 1 unspecified atom stereocenters. The molecule has 0 saturated heterocycles. The van der Waals surface area contributed by atoms with E-state index in [1.54, 1.807) is 4.90 Å². The van der Waals surface area contributed by atoms with Gasteiger partial charge < -0.3 is 10.2 Å². The maximum Gasteiger partial charge on any atom is 0.226 e. The van der Waals surface area contributed by atoms with Crippen LogP contribution in [-0.2, 0) is 11.3 Å². The molecule has 1 N–H and O–H groups in total. The van der Waals surface area contributed by atoms with Crippen LogP contribution >= 0.6 is 35.3 Å². The van der Waals surface area contributed by atoms with E-state index in [0.717, 1.165) is 9.21 Å². The van der Waals surface area contributed by atoms with Crippen molar-refractivity contribution in [3.63, 3.8) is 0 Å². The molecule has 6 heteroatoms. The van der Waals surface area contributed by atoms with Crippen LogP contribution in [0.4, 0.5) is 0 Å². The lowest BCUT2D eigenvalue weighted by Crippen LogP contribution is -2.35. The first-order chi connectivity index (χ1) is 7.54. The first kappa shape index (κ1) is 16.7. The highest BCUT2D eigenvalue weighted by Crippen LogP contribution is 2.22. The van der Waals surface area contributed by atoms with E-state index in [1.165, 1.54) is 11.3 Å². The summed E-state index contributed by atoms with van der Waals surface area (Å²) in [5.41, 5.74) is 0. The number of carbonyl (C=O) groups excluding carboxylic acids is 1. The average Bonchev–Trinajstić information content (AvgIpc) is 2.63. The molecule has 1 amide bonds. The van der Waals surface area contributed by atoms with Gasteiger partial charge in [0, 0.05) is 24.4 Å². The molecule has 1 aromatic rings. The minimum Gasteiger partial charge on any atom is -0.340 e. The van der Waals surface area contributed by atoms with Crippen LogP contribution in [0.2, 0.25) is 4.34 Å². The lowest BCUT2D eigenvalue weighted by molar-refractivity contribution is -0.134. The van der Waals surface area contributed by atoms with Crippen LogP contribution in [0.1, 0.15) is 11.8 Å². The number of hydrogen-bond acceptors (Lipinski definition) is 3. The van der Waals surface area contributed by atoms with Gasteiger partial charge in [0.2, 0.25) is 5.91 Å². The fourth-order valence-corrected chi connectivity index (χ4v) is 2.66. The van der Waals surface area contributed by atoms with Crippen molar-refractivity contribution in [1.82, 2.24) is 10.2 Å². The Bertz CT molecular complexity index is 357. The molecule has 1 aromatic heterocycles. The van der Waals surface area contributed by atoms with Crippen molar-refractivity contribution >= 4 is 41.3 Å². The molecule has 1 heterocycles. The monoisotopic (exact) mass is 296 g/mol. The quantitative estimate of drug-likeness (QED) is 0.906. The Balaban J connectivity index is 0.00000256. The van der Waals surface area contributed by atoms with E-state index < -0.39 is 0 Å². The summed E-state index contributed by atoms with van der Waals surface area (Å²) >= 11 is 7.36. The Hall–Kier alpha value is -0.290. The molecule has 0 aromatic carbocycles. The number of halogens is 2. The molecule has 0 saturated carbocycles. The predicted octanol–water partition coefficient (Wildman–Crippen LogP) is 2.64. The molecule has 3 nitrogen and oxygen atoms in total. The van der Waals surface area contributed by atoms with Gasteiger partial charge >= 0.3 is 0 Å². The molecule has 0 fully saturated rings. The van der Waals surface area contributed by atoms with Gasteiger partial charge in [-0.05, 0) is 19.2 Å². The zero-order chi connectivity index (χ0) is 12.1. The third-order valence-electron chi connectivity index (χ3n) is 2.33. The summed E-state index contributed by atoms with van der Waals surface area (Å²) in [5.74, 6) is 0.157. The average molecular weight is 297 g/mol. The number of nitrogens with zero attached hydrogens (tertiary/aromatic N) is 1. The Labute approximate surface area is 118 Å². The summed E-state index contributed by atoms with van der Waals surface area (Å²) in [6.45, 7) is 3.26. The second-order valence-electron chi connectivity index (χ2n) is 3.86. The molecular weight excluding hydrogens is 279 g/mol. The van der Waals surface area contributed by atoms with Gasteiger partial charge in [-0.1, -0.05) is 18.5 Å². The zero-order valence-electron chi connectivity index (χ0n) is 10.2. The summed E-state index contributed by atoms with van der Waals surface area (Å²) in [6.07, 6.45) is 0. The van der Waals surface area contributed by atoms with Crippen LogP contribution in [-0.4, -0.2) is 31.4 Å². The van der Waals surface area contributed by atoms with Crippen molar-refractivity contribution in [3.05, 3.63) is 21.3 Å². The number of rotatable bonds is 5. The largest absolute Gasteiger partial charge is 0.340 e. The van der Waals surface area contributed by atoms with Crippen molar-refractivity contribution in [2.75, 3.05) is 20.6 Å². The van der Waals surface area contributed by atoms with E-state index >= 15 is 0 Å². The number of carbonyl (C=O) groups is 1. The van der Waals surface area contributed by atoms with Gasteiger partial charge in [0.1, 0.15) is 0 Å². The normalized spacial score (nSPS) is 11.8. The predicted molar refractivity (Wildman–Crippen MR) is 76.1 cm³/mol. The highest BCUT2D eigenvalue weighted by atomic mass is 35.5. The Morgan fingerprint density at radius 2 is 2.24 bits per heavy atom. The second kappa shape index (κ2) is 7.93. The molecule has 17 heavy (non-hydrogen) atoms. The van der Waals surface area contributed by atoms with Crippen molar-refractivity contribution in [2.45, 2.75) is 13.5 Å². The Morgan fingerprint density at radius 1 is 1.59 bits per heavy atom. The molecular formula is C11H18Cl2N2OS. The molecule has 1 atom stereocenters. The SMILES string of the molecule is CNCC(C)C(=O)N(C)Cc1ccc(Cl)s1.Cl. The summed E-state index contributed by atoms with van der Waals surface area (Å²) in [7, 11) is 3.67. The molecule has 0 bridgehead atoms. The van der Waals surface area contributed by atoms with Crippen molar-refractivity contribution in [3.8, 4) is 0 Å². The number of thiophene rings is 1. The van der Waals surface area contributed by atoms with Crippen LogP contribution in [0.15, 0.2) is 12.1 Å². The number of amides is 1. The summed E-state index contributed by atoms with van der Waals surface area (Å²) < 4.78 is 0.763. The van der Waals surface area contributed by atoms with Crippen LogP contribution in [0, 0.1) is 5.92 Å². The van der Waals surface area contributed by atoms with Gasteiger partial charge in [0.15, 0.2) is 0 Å². The molecule has 0 aliphatic carbocycles. The molecule has 0 spiro atoms. The van der Waals surface area contributed by atoms with Crippen LogP contribution in [0.3, 0.4) is 0 Å². The van der Waals surface area contributed by atoms with Gasteiger partial charge in [0.05, 0.1) is 10.9 Å². The van der Waals surface area contributed by atoms with Gasteiger partial charge in [-0.2, -0.15) is 0 Å². The molecule has 0 aliphatic rings. The first-order valence-electron chi connectivity index (χ1n) is 5.18. The smallest absolute Gasteiger partial charge is 0.226 e. The van der Waals surface area contributed by atoms with Crippen LogP contribution < -0.4 is 5.32 Å². The molecule has 0 aliphatic heterocycles. The number of hydrogen-bond donors (Lipinski definition) is 1. The Morgan fingerprint density at radius 3 is 2.71 bits per heavy atom. The summed E-state index contributed by atoms with van der Waals surface area (Å²) in [5, 5.41) is 3.01. The minimum atomic E-state index is 0. The Kier molecular flexibility index (Phi) is 7.79. The lowest BCUT2D eigenvalue weighted by Gasteiger charge is -2.20. The second-order valence-corrected chi connectivity index (χ2v) is 5.66. The standard InChI is InChI=1S/C11H17ClN2OS.ClH/c1-8(6-13-2)11(15)14(3)7-9-4-5-10(12)16-9;/h4-5,8,13H,6-7H2,1-3H3;1H. The summed E-state index contributed by atoms with van der Waals surface area (Å²) in [6, 6.07) is 3.82.